The van der Waals surface area contributed by atoms with Crippen molar-refractivity contribution in [2.75, 3.05) is 0 Å². The van der Waals surface area contributed by atoms with Crippen LogP contribution in [0.4, 0.5) is 0 Å². The summed E-state index contributed by atoms with van der Waals surface area (Å²) in [6.45, 7) is 0. The Morgan fingerprint density at radius 3 is 2.60 bits per heavy atom. The zero-order chi connectivity index (χ0) is 13.9. The number of benzene rings is 1. The van der Waals surface area contributed by atoms with E-state index < -0.39 is 6.04 Å². The van der Waals surface area contributed by atoms with Crippen LogP contribution in [0.3, 0.4) is 0 Å². The highest BCUT2D eigenvalue weighted by atomic mass is 35.5. The highest BCUT2D eigenvalue weighted by molar-refractivity contribution is 6.30. The van der Waals surface area contributed by atoms with Gasteiger partial charge in [0.1, 0.15) is 11.7 Å². The Morgan fingerprint density at radius 1 is 1.10 bits per heavy atom. The highest BCUT2D eigenvalue weighted by Crippen LogP contribution is 2.21. The van der Waals surface area contributed by atoms with Gasteiger partial charge in [-0.25, -0.2) is 0 Å². The molecule has 0 aliphatic rings. The monoisotopic (exact) mass is 286 g/mol. The topological polar surface area (TPSA) is 77.8 Å². The molecule has 0 aliphatic carbocycles. The van der Waals surface area contributed by atoms with Crippen molar-refractivity contribution in [3.05, 3.63) is 65.1 Å². The molecular formula is C14H11ClN4O. The Labute approximate surface area is 120 Å². The molecule has 100 valence electrons. The second-order valence-electron chi connectivity index (χ2n) is 4.21. The van der Waals surface area contributed by atoms with Crippen LogP contribution in [0.15, 0.2) is 53.2 Å². The van der Waals surface area contributed by atoms with Crippen LogP contribution >= 0.6 is 11.6 Å². The number of pyridine rings is 1. The summed E-state index contributed by atoms with van der Waals surface area (Å²) < 4.78 is 5.21. The summed E-state index contributed by atoms with van der Waals surface area (Å²) in [5.74, 6) is 0.742. The van der Waals surface area contributed by atoms with E-state index in [1.54, 1.807) is 12.1 Å². The molecule has 1 atom stereocenters. The van der Waals surface area contributed by atoms with Crippen LogP contribution in [-0.2, 0) is 0 Å². The molecule has 2 aromatic heterocycles. The van der Waals surface area contributed by atoms with Gasteiger partial charge in [-0.3, -0.25) is 4.98 Å². The fraction of sp³-hybridized carbons (Fsp3) is 0.0714. The quantitative estimate of drug-likeness (QED) is 0.801. The van der Waals surface area contributed by atoms with E-state index in [0.717, 1.165) is 5.56 Å². The second kappa shape index (κ2) is 5.40. The molecule has 0 radical (unpaired) electrons. The smallest absolute Gasteiger partial charge is 0.248 e. The molecule has 1 aromatic carbocycles. The molecule has 0 aliphatic heterocycles. The van der Waals surface area contributed by atoms with Crippen molar-refractivity contribution in [1.29, 1.82) is 0 Å². The van der Waals surface area contributed by atoms with Crippen molar-refractivity contribution in [2.45, 2.75) is 6.04 Å². The average Bonchev–Trinajstić information content (AvgIpc) is 2.98. The molecule has 3 aromatic rings. The van der Waals surface area contributed by atoms with E-state index in [-0.39, 0.29) is 0 Å². The Bertz CT molecular complexity index is 697. The van der Waals surface area contributed by atoms with Crippen LogP contribution in [0.2, 0.25) is 5.02 Å². The predicted octanol–water partition coefficient (Wildman–Crippen LogP) is 2.83. The minimum Gasteiger partial charge on any atom is -0.337 e. The van der Waals surface area contributed by atoms with E-state index in [1.807, 2.05) is 30.3 Å². The van der Waals surface area contributed by atoms with Crippen LogP contribution in [0.25, 0.3) is 11.5 Å². The third-order valence-corrected chi connectivity index (χ3v) is 3.05. The molecule has 6 heteroatoms. The molecule has 5 nitrogen and oxygen atoms in total. The highest BCUT2D eigenvalue weighted by Gasteiger charge is 2.17. The largest absolute Gasteiger partial charge is 0.337 e. The summed E-state index contributed by atoms with van der Waals surface area (Å²) in [6, 6.07) is 12.6. The first kappa shape index (κ1) is 12.8. The van der Waals surface area contributed by atoms with Gasteiger partial charge in [0.2, 0.25) is 11.7 Å². The molecule has 0 unspecified atom stereocenters. The van der Waals surface area contributed by atoms with E-state index in [0.29, 0.717) is 22.4 Å². The van der Waals surface area contributed by atoms with Crippen LogP contribution < -0.4 is 5.73 Å². The second-order valence-corrected chi connectivity index (χ2v) is 4.64. The van der Waals surface area contributed by atoms with Crippen molar-refractivity contribution in [2.24, 2.45) is 5.73 Å². The maximum absolute atomic E-state index is 6.09. The van der Waals surface area contributed by atoms with Gasteiger partial charge >= 0.3 is 0 Å². The molecule has 0 saturated carbocycles. The fourth-order valence-electron chi connectivity index (χ4n) is 1.78. The van der Waals surface area contributed by atoms with Gasteiger partial charge < -0.3 is 10.3 Å². The van der Waals surface area contributed by atoms with Gasteiger partial charge in [0.25, 0.3) is 0 Å². The first-order valence-electron chi connectivity index (χ1n) is 6.00. The minimum atomic E-state index is -0.454. The Hall–Kier alpha value is -2.24. The summed E-state index contributed by atoms with van der Waals surface area (Å²) >= 11 is 5.79. The number of halogens is 1. The SMILES string of the molecule is N[C@H](c1ccccc1)c1nc(-c2ccc(Cl)cn2)no1. The molecule has 0 amide bonds. The lowest BCUT2D eigenvalue weighted by Gasteiger charge is -2.05. The van der Waals surface area contributed by atoms with Gasteiger partial charge in [0.15, 0.2) is 0 Å². The minimum absolute atomic E-state index is 0.350. The van der Waals surface area contributed by atoms with E-state index in [2.05, 4.69) is 15.1 Å². The molecule has 2 heterocycles. The van der Waals surface area contributed by atoms with E-state index >= 15 is 0 Å². The first-order valence-corrected chi connectivity index (χ1v) is 6.38. The summed E-state index contributed by atoms with van der Waals surface area (Å²) in [7, 11) is 0. The van der Waals surface area contributed by atoms with Crippen molar-refractivity contribution in [3.63, 3.8) is 0 Å². The Kier molecular flexibility index (Phi) is 3.45. The normalized spacial score (nSPS) is 12.3. The molecule has 0 bridgehead atoms. The average molecular weight is 287 g/mol. The van der Waals surface area contributed by atoms with Crippen LogP contribution in [-0.4, -0.2) is 15.1 Å². The van der Waals surface area contributed by atoms with Gasteiger partial charge in [0, 0.05) is 6.20 Å². The third kappa shape index (κ3) is 2.54. The number of nitrogens with two attached hydrogens (primary N) is 1. The summed E-state index contributed by atoms with van der Waals surface area (Å²) in [5, 5.41) is 4.45. The first-order chi connectivity index (χ1) is 9.74. The third-order valence-electron chi connectivity index (χ3n) is 2.82. The number of nitrogens with zero attached hydrogens (tertiary/aromatic N) is 3. The van der Waals surface area contributed by atoms with Gasteiger partial charge in [-0.05, 0) is 17.7 Å². The van der Waals surface area contributed by atoms with Crippen molar-refractivity contribution < 1.29 is 4.52 Å². The van der Waals surface area contributed by atoms with Crippen LogP contribution in [0.5, 0.6) is 0 Å². The molecule has 20 heavy (non-hydrogen) atoms. The summed E-state index contributed by atoms with van der Waals surface area (Å²) in [5.41, 5.74) is 7.59. The molecule has 0 saturated heterocycles. The standard InChI is InChI=1S/C14H11ClN4O/c15-10-6-7-11(17-8-10)13-18-14(20-19-13)12(16)9-4-2-1-3-5-9/h1-8,12H,16H2/t12-/m1/s1. The lowest BCUT2D eigenvalue weighted by atomic mass is 10.1. The van der Waals surface area contributed by atoms with Crippen LogP contribution in [0.1, 0.15) is 17.5 Å². The van der Waals surface area contributed by atoms with Gasteiger partial charge in [-0.15, -0.1) is 0 Å². The fourth-order valence-corrected chi connectivity index (χ4v) is 1.89. The maximum atomic E-state index is 6.09. The predicted molar refractivity (Wildman–Crippen MR) is 75.0 cm³/mol. The van der Waals surface area contributed by atoms with Gasteiger partial charge in [-0.2, -0.15) is 4.98 Å². The number of hydrogen-bond acceptors (Lipinski definition) is 5. The molecule has 0 fully saturated rings. The lowest BCUT2D eigenvalue weighted by Crippen LogP contribution is -2.11. The Morgan fingerprint density at radius 2 is 1.90 bits per heavy atom. The molecular weight excluding hydrogens is 276 g/mol. The van der Waals surface area contributed by atoms with Gasteiger partial charge in [-0.1, -0.05) is 47.1 Å². The van der Waals surface area contributed by atoms with Crippen LogP contribution in [0, 0.1) is 0 Å². The molecule has 0 spiro atoms. The summed E-state index contributed by atoms with van der Waals surface area (Å²) in [4.78, 5) is 8.41. The number of rotatable bonds is 3. The zero-order valence-corrected chi connectivity index (χ0v) is 11.2. The summed E-state index contributed by atoms with van der Waals surface area (Å²) in [6.07, 6.45) is 1.53. The zero-order valence-electron chi connectivity index (χ0n) is 10.4. The maximum Gasteiger partial charge on any atom is 0.248 e. The van der Waals surface area contributed by atoms with Crippen molar-refractivity contribution in [3.8, 4) is 11.5 Å². The number of hydrogen-bond donors (Lipinski definition) is 1. The van der Waals surface area contributed by atoms with E-state index in [1.165, 1.54) is 6.20 Å². The Balaban J connectivity index is 1.89. The lowest BCUT2D eigenvalue weighted by molar-refractivity contribution is 0.367. The van der Waals surface area contributed by atoms with Crippen molar-refractivity contribution >= 4 is 11.6 Å². The van der Waals surface area contributed by atoms with E-state index in [9.17, 15) is 0 Å². The molecule has 2 N–H and O–H groups in total. The van der Waals surface area contributed by atoms with Gasteiger partial charge in [0.05, 0.1) is 5.02 Å². The number of aromatic nitrogens is 3. The molecule has 3 rings (SSSR count). The van der Waals surface area contributed by atoms with Crippen molar-refractivity contribution in [1.82, 2.24) is 15.1 Å². The van der Waals surface area contributed by atoms with E-state index in [4.69, 9.17) is 21.9 Å².